The van der Waals surface area contributed by atoms with Crippen molar-refractivity contribution in [1.29, 1.82) is 0 Å². The molecule has 0 aliphatic carbocycles. The Labute approximate surface area is 119 Å². The van der Waals surface area contributed by atoms with Crippen LogP contribution in [0.2, 0.25) is 0 Å². The van der Waals surface area contributed by atoms with E-state index in [1.54, 1.807) is 0 Å². The first kappa shape index (κ1) is 13.8. The SMILES string of the molecule is COC(=O)C(Cl)CNC(=O)c1cc2ccccc2s1. The molecule has 2 rings (SSSR count). The topological polar surface area (TPSA) is 55.4 Å². The van der Waals surface area contributed by atoms with Gasteiger partial charge in [-0.15, -0.1) is 22.9 Å². The van der Waals surface area contributed by atoms with Crippen molar-refractivity contribution in [3.8, 4) is 0 Å². The van der Waals surface area contributed by atoms with E-state index in [0.29, 0.717) is 4.88 Å². The number of thiophene rings is 1. The first-order valence-corrected chi connectivity index (χ1v) is 6.86. The van der Waals surface area contributed by atoms with Crippen LogP contribution in [0, 0.1) is 0 Å². The van der Waals surface area contributed by atoms with Gasteiger partial charge in [-0.3, -0.25) is 9.59 Å². The number of ether oxygens (including phenoxy) is 1. The molecule has 1 atom stereocenters. The molecule has 1 aromatic carbocycles. The lowest BCUT2D eigenvalue weighted by molar-refractivity contribution is -0.140. The number of hydrogen-bond acceptors (Lipinski definition) is 4. The van der Waals surface area contributed by atoms with E-state index >= 15 is 0 Å². The molecule has 0 radical (unpaired) electrons. The molecule has 6 heteroatoms. The molecule has 0 bridgehead atoms. The fraction of sp³-hybridized carbons (Fsp3) is 0.231. The zero-order chi connectivity index (χ0) is 13.8. The van der Waals surface area contributed by atoms with Gasteiger partial charge in [0.25, 0.3) is 5.91 Å². The fourth-order valence-corrected chi connectivity index (χ4v) is 2.72. The van der Waals surface area contributed by atoms with Crippen LogP contribution in [0.4, 0.5) is 0 Å². The lowest BCUT2D eigenvalue weighted by atomic mass is 10.2. The molecule has 2 aromatic rings. The number of halogens is 1. The number of alkyl halides is 1. The van der Waals surface area contributed by atoms with E-state index in [0.717, 1.165) is 10.1 Å². The molecule has 0 aliphatic heterocycles. The number of benzene rings is 1. The molecule has 1 heterocycles. The molecule has 100 valence electrons. The number of esters is 1. The minimum atomic E-state index is -0.872. The molecule has 4 nitrogen and oxygen atoms in total. The number of rotatable bonds is 4. The number of hydrogen-bond donors (Lipinski definition) is 1. The highest BCUT2D eigenvalue weighted by Crippen LogP contribution is 2.24. The summed E-state index contributed by atoms with van der Waals surface area (Å²) in [6.45, 7) is 0.0430. The van der Waals surface area contributed by atoms with E-state index in [9.17, 15) is 9.59 Å². The van der Waals surface area contributed by atoms with Crippen LogP contribution in [-0.2, 0) is 9.53 Å². The van der Waals surface area contributed by atoms with Crippen LogP contribution in [0.3, 0.4) is 0 Å². The summed E-state index contributed by atoms with van der Waals surface area (Å²) in [6.07, 6.45) is 0. The van der Waals surface area contributed by atoms with Crippen molar-refractivity contribution in [2.75, 3.05) is 13.7 Å². The summed E-state index contributed by atoms with van der Waals surface area (Å²) in [7, 11) is 1.26. The van der Waals surface area contributed by atoms with Crippen molar-refractivity contribution < 1.29 is 14.3 Å². The van der Waals surface area contributed by atoms with Gasteiger partial charge in [0.15, 0.2) is 0 Å². The molecule has 0 spiro atoms. The predicted octanol–water partition coefficient (Wildman–Crippen LogP) is 2.41. The second-order valence-corrected chi connectivity index (χ2v) is 5.46. The van der Waals surface area contributed by atoms with Crippen LogP contribution in [0.25, 0.3) is 10.1 Å². The standard InChI is InChI=1S/C13H12ClNO3S/c1-18-13(17)9(14)7-15-12(16)11-6-8-4-2-3-5-10(8)19-11/h2-6,9H,7H2,1H3,(H,15,16). The van der Waals surface area contributed by atoms with Crippen molar-refractivity contribution in [2.45, 2.75) is 5.38 Å². The summed E-state index contributed by atoms with van der Waals surface area (Å²) in [5, 5.41) is 2.76. The highest BCUT2D eigenvalue weighted by molar-refractivity contribution is 7.20. The lowest BCUT2D eigenvalue weighted by Crippen LogP contribution is -2.33. The number of methoxy groups -OCH3 is 1. The Balaban J connectivity index is 2.02. The summed E-state index contributed by atoms with van der Waals surface area (Å²) in [5.41, 5.74) is 0. The Morgan fingerprint density at radius 1 is 1.42 bits per heavy atom. The maximum absolute atomic E-state index is 11.9. The number of nitrogens with one attached hydrogen (secondary N) is 1. The van der Waals surface area contributed by atoms with Gasteiger partial charge in [-0.1, -0.05) is 18.2 Å². The van der Waals surface area contributed by atoms with E-state index in [-0.39, 0.29) is 12.5 Å². The fourth-order valence-electron chi connectivity index (χ4n) is 1.57. The van der Waals surface area contributed by atoms with Gasteiger partial charge in [0.2, 0.25) is 0 Å². The minimum Gasteiger partial charge on any atom is -0.468 e. The average Bonchev–Trinajstić information content (AvgIpc) is 2.87. The first-order chi connectivity index (χ1) is 9.11. The Bertz CT molecular complexity index is 578. The Hall–Kier alpha value is -1.59. The van der Waals surface area contributed by atoms with Crippen molar-refractivity contribution in [3.63, 3.8) is 0 Å². The maximum atomic E-state index is 11.9. The van der Waals surface area contributed by atoms with E-state index in [2.05, 4.69) is 10.1 Å². The smallest absolute Gasteiger partial charge is 0.325 e. The third-order valence-electron chi connectivity index (χ3n) is 2.55. The number of fused-ring (bicyclic) bond motifs is 1. The molecular weight excluding hydrogens is 286 g/mol. The molecule has 19 heavy (non-hydrogen) atoms. The monoisotopic (exact) mass is 297 g/mol. The molecule has 1 N–H and O–H groups in total. The normalized spacial score (nSPS) is 12.1. The van der Waals surface area contributed by atoms with Crippen LogP contribution >= 0.6 is 22.9 Å². The van der Waals surface area contributed by atoms with Crippen molar-refractivity contribution >= 4 is 44.9 Å². The summed E-state index contributed by atoms with van der Waals surface area (Å²) in [5.74, 6) is -0.797. The van der Waals surface area contributed by atoms with Gasteiger partial charge < -0.3 is 10.1 Å². The van der Waals surface area contributed by atoms with Crippen LogP contribution < -0.4 is 5.32 Å². The predicted molar refractivity (Wildman–Crippen MR) is 75.8 cm³/mol. The molecule has 1 aromatic heterocycles. The van der Waals surface area contributed by atoms with Gasteiger partial charge in [-0.2, -0.15) is 0 Å². The molecule has 1 amide bonds. The van der Waals surface area contributed by atoms with Gasteiger partial charge in [0, 0.05) is 11.2 Å². The summed E-state index contributed by atoms with van der Waals surface area (Å²) >= 11 is 7.16. The Morgan fingerprint density at radius 3 is 2.84 bits per heavy atom. The van der Waals surface area contributed by atoms with Crippen LogP contribution in [0.1, 0.15) is 9.67 Å². The molecule has 0 aliphatic rings. The Kier molecular flexibility index (Phi) is 4.39. The number of carbonyl (C=O) groups is 2. The van der Waals surface area contributed by atoms with E-state index in [1.807, 2.05) is 30.3 Å². The van der Waals surface area contributed by atoms with Gasteiger partial charge >= 0.3 is 5.97 Å². The highest BCUT2D eigenvalue weighted by atomic mass is 35.5. The van der Waals surface area contributed by atoms with E-state index in [4.69, 9.17) is 11.6 Å². The van der Waals surface area contributed by atoms with E-state index in [1.165, 1.54) is 18.4 Å². The molecule has 0 fully saturated rings. The van der Waals surface area contributed by atoms with Crippen molar-refractivity contribution in [2.24, 2.45) is 0 Å². The number of carbonyl (C=O) groups excluding carboxylic acids is 2. The maximum Gasteiger partial charge on any atom is 0.325 e. The molecule has 0 saturated carbocycles. The summed E-state index contributed by atoms with van der Waals surface area (Å²) < 4.78 is 5.52. The summed E-state index contributed by atoms with van der Waals surface area (Å²) in [6, 6.07) is 9.56. The average molecular weight is 298 g/mol. The number of amides is 1. The Morgan fingerprint density at radius 2 is 2.16 bits per heavy atom. The van der Waals surface area contributed by atoms with Gasteiger partial charge in [-0.05, 0) is 17.5 Å². The van der Waals surface area contributed by atoms with Gasteiger partial charge in [0.05, 0.1) is 12.0 Å². The van der Waals surface area contributed by atoms with Gasteiger partial charge in [-0.25, -0.2) is 0 Å². The zero-order valence-electron chi connectivity index (χ0n) is 10.2. The second-order valence-electron chi connectivity index (χ2n) is 3.85. The van der Waals surface area contributed by atoms with Crippen molar-refractivity contribution in [1.82, 2.24) is 5.32 Å². The quantitative estimate of drug-likeness (QED) is 0.696. The second kappa shape index (κ2) is 6.04. The van der Waals surface area contributed by atoms with Gasteiger partial charge in [0.1, 0.15) is 5.38 Å². The third-order valence-corrected chi connectivity index (χ3v) is 4.00. The zero-order valence-corrected chi connectivity index (χ0v) is 11.8. The minimum absolute atomic E-state index is 0.0430. The lowest BCUT2D eigenvalue weighted by Gasteiger charge is -2.07. The van der Waals surface area contributed by atoms with Crippen molar-refractivity contribution in [3.05, 3.63) is 35.2 Å². The van der Waals surface area contributed by atoms with Crippen LogP contribution in [-0.4, -0.2) is 30.9 Å². The molecule has 0 saturated heterocycles. The third kappa shape index (κ3) is 3.24. The first-order valence-electron chi connectivity index (χ1n) is 5.60. The van der Waals surface area contributed by atoms with E-state index < -0.39 is 11.3 Å². The highest BCUT2D eigenvalue weighted by Gasteiger charge is 2.17. The molecule has 1 unspecified atom stereocenters. The largest absolute Gasteiger partial charge is 0.468 e. The van der Waals surface area contributed by atoms with Crippen LogP contribution in [0.5, 0.6) is 0 Å². The summed E-state index contributed by atoms with van der Waals surface area (Å²) in [4.78, 5) is 23.6. The molecular formula is C13H12ClNO3S. The van der Waals surface area contributed by atoms with Crippen LogP contribution in [0.15, 0.2) is 30.3 Å².